The molecule has 2 unspecified atom stereocenters. The number of alkyl halides is 3. The van der Waals surface area contributed by atoms with Crippen molar-refractivity contribution in [1.82, 2.24) is 5.32 Å². The van der Waals surface area contributed by atoms with Crippen molar-refractivity contribution in [3.05, 3.63) is 35.4 Å². The molecule has 0 saturated heterocycles. The number of nitrogens with one attached hydrogen (secondary N) is 1. The van der Waals surface area contributed by atoms with E-state index in [1.54, 1.807) is 6.07 Å². The summed E-state index contributed by atoms with van der Waals surface area (Å²) in [5, 5.41) is 11.0. The van der Waals surface area contributed by atoms with Gasteiger partial charge in [0.2, 0.25) is 6.23 Å². The van der Waals surface area contributed by atoms with Crippen molar-refractivity contribution in [2.45, 2.75) is 25.4 Å². The van der Waals surface area contributed by atoms with E-state index in [1.165, 1.54) is 13.0 Å². The molecule has 110 valence electrons. The number of halogens is 3. The SMILES string of the molecule is C#CC(C)OC(C#N)NC(=O)c1cccc(C(F)(F)F)c1. The summed E-state index contributed by atoms with van der Waals surface area (Å²) in [6.45, 7) is 1.49. The largest absolute Gasteiger partial charge is 0.416 e. The first-order valence-corrected chi connectivity index (χ1v) is 5.77. The summed E-state index contributed by atoms with van der Waals surface area (Å²) in [6, 6.07) is 5.47. The van der Waals surface area contributed by atoms with Gasteiger partial charge in [-0.1, -0.05) is 12.0 Å². The minimum atomic E-state index is -4.56. The van der Waals surface area contributed by atoms with Crippen LogP contribution < -0.4 is 5.32 Å². The zero-order valence-corrected chi connectivity index (χ0v) is 10.9. The Morgan fingerprint density at radius 2 is 2.14 bits per heavy atom. The third-order valence-electron chi connectivity index (χ3n) is 2.41. The number of amides is 1. The van der Waals surface area contributed by atoms with E-state index in [4.69, 9.17) is 16.4 Å². The fourth-order valence-corrected chi connectivity index (χ4v) is 1.38. The van der Waals surface area contributed by atoms with Crippen LogP contribution in [-0.2, 0) is 10.9 Å². The number of nitrogens with zero attached hydrogens (tertiary/aromatic N) is 1. The summed E-state index contributed by atoms with van der Waals surface area (Å²) in [5.74, 6) is 1.33. The van der Waals surface area contributed by atoms with E-state index in [-0.39, 0.29) is 5.56 Å². The Morgan fingerprint density at radius 1 is 1.48 bits per heavy atom. The molecule has 0 heterocycles. The molecule has 1 aromatic rings. The standard InChI is InChI=1S/C14H11F3N2O2/c1-3-9(2)21-12(8-18)19-13(20)10-5-4-6-11(7-10)14(15,16)17/h1,4-7,9,12H,2H3,(H,19,20). The van der Waals surface area contributed by atoms with E-state index < -0.39 is 30.0 Å². The minimum Gasteiger partial charge on any atom is -0.329 e. The molecule has 1 rings (SSSR count). The van der Waals surface area contributed by atoms with Gasteiger partial charge in [-0.2, -0.15) is 18.4 Å². The number of nitriles is 1. The van der Waals surface area contributed by atoms with Crippen LogP contribution in [0.2, 0.25) is 0 Å². The van der Waals surface area contributed by atoms with Crippen molar-refractivity contribution in [1.29, 1.82) is 5.26 Å². The number of benzene rings is 1. The summed E-state index contributed by atoms with van der Waals surface area (Å²) in [5.41, 5.74) is -1.19. The Labute approximate surface area is 119 Å². The molecule has 0 bridgehead atoms. The third kappa shape index (κ3) is 4.83. The Balaban J connectivity index is 2.85. The molecule has 0 aliphatic rings. The van der Waals surface area contributed by atoms with Crippen molar-refractivity contribution in [3.8, 4) is 18.4 Å². The molecule has 2 atom stereocenters. The normalized spacial score (nSPS) is 13.6. The highest BCUT2D eigenvalue weighted by Gasteiger charge is 2.31. The van der Waals surface area contributed by atoms with Gasteiger partial charge in [0.25, 0.3) is 5.91 Å². The van der Waals surface area contributed by atoms with Gasteiger partial charge in [0, 0.05) is 5.56 Å². The van der Waals surface area contributed by atoms with Gasteiger partial charge in [-0.15, -0.1) is 6.42 Å². The predicted molar refractivity (Wildman–Crippen MR) is 67.7 cm³/mol. The van der Waals surface area contributed by atoms with Crippen LogP contribution in [-0.4, -0.2) is 18.2 Å². The first kappa shape index (κ1) is 16.5. The van der Waals surface area contributed by atoms with Crippen molar-refractivity contribution in [3.63, 3.8) is 0 Å². The maximum absolute atomic E-state index is 12.5. The highest BCUT2D eigenvalue weighted by molar-refractivity contribution is 5.94. The van der Waals surface area contributed by atoms with Crippen LogP contribution in [0.4, 0.5) is 13.2 Å². The van der Waals surface area contributed by atoms with Crippen LogP contribution in [0.3, 0.4) is 0 Å². The molecule has 0 aliphatic carbocycles. The smallest absolute Gasteiger partial charge is 0.329 e. The molecule has 1 N–H and O–H groups in total. The molecule has 1 amide bonds. The second kappa shape index (κ2) is 6.78. The minimum absolute atomic E-state index is 0.234. The first-order chi connectivity index (χ1) is 9.77. The molecule has 0 saturated carbocycles. The van der Waals surface area contributed by atoms with Crippen LogP contribution in [0.25, 0.3) is 0 Å². The number of rotatable bonds is 4. The Morgan fingerprint density at radius 3 is 2.67 bits per heavy atom. The number of terminal acetylenes is 1. The highest BCUT2D eigenvalue weighted by Crippen LogP contribution is 2.29. The van der Waals surface area contributed by atoms with Gasteiger partial charge >= 0.3 is 6.18 Å². The number of hydrogen-bond acceptors (Lipinski definition) is 3. The lowest BCUT2D eigenvalue weighted by Crippen LogP contribution is -2.37. The van der Waals surface area contributed by atoms with Crippen molar-refractivity contribution >= 4 is 5.91 Å². The summed E-state index contributed by atoms with van der Waals surface area (Å²) in [6.07, 6.45) is -1.57. The van der Waals surface area contributed by atoms with E-state index in [0.717, 1.165) is 12.1 Å². The molecule has 0 fully saturated rings. The van der Waals surface area contributed by atoms with Gasteiger partial charge in [-0.25, -0.2) is 0 Å². The van der Waals surface area contributed by atoms with Crippen LogP contribution in [0.15, 0.2) is 24.3 Å². The zero-order chi connectivity index (χ0) is 16.0. The summed E-state index contributed by atoms with van der Waals surface area (Å²) in [4.78, 5) is 11.8. The molecular weight excluding hydrogens is 285 g/mol. The van der Waals surface area contributed by atoms with E-state index >= 15 is 0 Å². The lowest BCUT2D eigenvalue weighted by atomic mass is 10.1. The quantitative estimate of drug-likeness (QED) is 0.685. The van der Waals surface area contributed by atoms with E-state index in [1.807, 2.05) is 0 Å². The summed E-state index contributed by atoms with van der Waals surface area (Å²) in [7, 11) is 0. The van der Waals surface area contributed by atoms with Gasteiger partial charge < -0.3 is 10.1 Å². The number of hydrogen-bond donors (Lipinski definition) is 1. The van der Waals surface area contributed by atoms with Gasteiger partial charge in [0.05, 0.1) is 5.56 Å². The van der Waals surface area contributed by atoms with Crippen LogP contribution >= 0.6 is 0 Å². The zero-order valence-electron chi connectivity index (χ0n) is 10.9. The molecule has 0 radical (unpaired) electrons. The van der Waals surface area contributed by atoms with E-state index in [0.29, 0.717) is 6.07 Å². The molecule has 21 heavy (non-hydrogen) atoms. The topological polar surface area (TPSA) is 62.1 Å². The average molecular weight is 296 g/mol. The lowest BCUT2D eigenvalue weighted by Gasteiger charge is -2.15. The molecule has 1 aromatic carbocycles. The fourth-order valence-electron chi connectivity index (χ4n) is 1.38. The van der Waals surface area contributed by atoms with E-state index in [2.05, 4.69) is 11.2 Å². The molecule has 4 nitrogen and oxygen atoms in total. The molecule has 0 aromatic heterocycles. The Hall–Kier alpha value is -2.51. The maximum atomic E-state index is 12.5. The Kier molecular flexibility index (Phi) is 5.34. The van der Waals surface area contributed by atoms with E-state index in [9.17, 15) is 18.0 Å². The summed E-state index contributed by atoms with van der Waals surface area (Å²) < 4.78 is 42.6. The average Bonchev–Trinajstić information content (AvgIpc) is 2.45. The summed E-state index contributed by atoms with van der Waals surface area (Å²) >= 11 is 0. The predicted octanol–water partition coefficient (Wildman–Crippen LogP) is 2.32. The molecular formula is C14H11F3N2O2. The van der Waals surface area contributed by atoms with Crippen LogP contribution in [0.5, 0.6) is 0 Å². The second-order valence-electron chi connectivity index (χ2n) is 4.01. The number of carbonyl (C=O) groups excluding carboxylic acids is 1. The molecule has 7 heteroatoms. The maximum Gasteiger partial charge on any atom is 0.416 e. The van der Waals surface area contributed by atoms with Gasteiger partial charge in [0.1, 0.15) is 12.2 Å². The van der Waals surface area contributed by atoms with Crippen molar-refractivity contribution in [2.75, 3.05) is 0 Å². The van der Waals surface area contributed by atoms with Crippen molar-refractivity contribution in [2.24, 2.45) is 0 Å². The van der Waals surface area contributed by atoms with Gasteiger partial charge in [-0.3, -0.25) is 4.79 Å². The monoisotopic (exact) mass is 296 g/mol. The Bertz CT molecular complexity index is 599. The number of ether oxygens (including phenoxy) is 1. The number of carbonyl (C=O) groups is 1. The van der Waals surface area contributed by atoms with Crippen LogP contribution in [0, 0.1) is 23.7 Å². The molecule has 0 aliphatic heterocycles. The highest BCUT2D eigenvalue weighted by atomic mass is 19.4. The lowest BCUT2D eigenvalue weighted by molar-refractivity contribution is -0.137. The third-order valence-corrected chi connectivity index (χ3v) is 2.41. The van der Waals surface area contributed by atoms with Gasteiger partial charge in [-0.05, 0) is 25.1 Å². The van der Waals surface area contributed by atoms with Crippen LogP contribution in [0.1, 0.15) is 22.8 Å². The molecule has 0 spiro atoms. The first-order valence-electron chi connectivity index (χ1n) is 5.77. The fraction of sp³-hybridized carbons (Fsp3) is 0.286. The van der Waals surface area contributed by atoms with Crippen molar-refractivity contribution < 1.29 is 22.7 Å². The van der Waals surface area contributed by atoms with Gasteiger partial charge in [0.15, 0.2) is 0 Å². The second-order valence-corrected chi connectivity index (χ2v) is 4.01.